The van der Waals surface area contributed by atoms with Crippen molar-refractivity contribution in [3.63, 3.8) is 0 Å². The van der Waals surface area contributed by atoms with Gasteiger partial charge < -0.3 is 9.30 Å². The van der Waals surface area contributed by atoms with Crippen LogP contribution in [0.5, 0.6) is 5.88 Å². The number of nitrogens with zero attached hydrogens (tertiary/aromatic N) is 4. The fourth-order valence-electron chi connectivity index (χ4n) is 3.10. The molecule has 3 heterocycles. The van der Waals surface area contributed by atoms with E-state index < -0.39 is 0 Å². The lowest BCUT2D eigenvalue weighted by Gasteiger charge is -2.28. The number of aliphatic imine (C=N–C) groups is 1. The topological polar surface area (TPSA) is 73.6 Å². The number of aryl methyl sites for hydroxylation is 1. The van der Waals surface area contributed by atoms with Crippen LogP contribution in [0.25, 0.3) is 5.69 Å². The van der Waals surface area contributed by atoms with Gasteiger partial charge in [-0.15, -0.1) is 0 Å². The normalized spacial score (nSPS) is 19.1. The Kier molecular flexibility index (Phi) is 5.02. The molecule has 1 aliphatic heterocycles. The second-order valence-electron chi connectivity index (χ2n) is 6.55. The number of halogens is 1. The first kappa shape index (κ1) is 18.5. The van der Waals surface area contributed by atoms with Gasteiger partial charge in [-0.25, -0.2) is 15.4 Å². The second-order valence-corrected chi connectivity index (χ2v) is 6.99. The fraction of sp³-hybridized carbons (Fsp3) is 0.250. The number of hydroxylamine groups is 1. The summed E-state index contributed by atoms with van der Waals surface area (Å²) < 4.78 is 7.36. The van der Waals surface area contributed by atoms with Gasteiger partial charge in [0.05, 0.1) is 19.1 Å². The van der Waals surface area contributed by atoms with E-state index in [1.54, 1.807) is 13.4 Å². The van der Waals surface area contributed by atoms with Gasteiger partial charge in [0.1, 0.15) is 23.5 Å². The summed E-state index contributed by atoms with van der Waals surface area (Å²) in [5.74, 6) is 1.01. The molecule has 2 aromatic heterocycles. The first-order valence-corrected chi connectivity index (χ1v) is 9.24. The third-order valence-electron chi connectivity index (χ3n) is 4.51. The largest absolute Gasteiger partial charge is 0.479 e. The lowest BCUT2D eigenvalue weighted by Crippen LogP contribution is -2.38. The fourth-order valence-corrected chi connectivity index (χ4v) is 3.30. The van der Waals surface area contributed by atoms with Crippen LogP contribution in [0.2, 0.25) is 5.02 Å². The Balaban J connectivity index is 1.70. The van der Waals surface area contributed by atoms with Crippen molar-refractivity contribution in [1.82, 2.24) is 20.0 Å². The van der Waals surface area contributed by atoms with E-state index in [4.69, 9.17) is 26.2 Å². The van der Waals surface area contributed by atoms with Gasteiger partial charge in [0.2, 0.25) is 5.88 Å². The maximum atomic E-state index is 6.14. The first-order chi connectivity index (χ1) is 13.5. The number of imidazole rings is 1. The van der Waals surface area contributed by atoms with Crippen molar-refractivity contribution in [3.05, 3.63) is 70.9 Å². The Bertz CT molecular complexity index is 1030. The van der Waals surface area contributed by atoms with Crippen molar-refractivity contribution in [3.8, 4) is 11.6 Å². The van der Waals surface area contributed by atoms with Crippen LogP contribution >= 0.6 is 11.6 Å². The number of pyridine rings is 1. The van der Waals surface area contributed by atoms with Crippen molar-refractivity contribution in [2.24, 2.45) is 4.99 Å². The Hall–Kier alpha value is -2.90. The minimum absolute atomic E-state index is 0.155. The summed E-state index contributed by atoms with van der Waals surface area (Å²) in [5.41, 5.74) is 6.21. The zero-order chi connectivity index (χ0) is 19.7. The minimum Gasteiger partial charge on any atom is -0.479 e. The number of hydrogen-bond donors (Lipinski definition) is 1. The molecular weight excluding hydrogens is 378 g/mol. The van der Waals surface area contributed by atoms with E-state index in [-0.39, 0.29) is 12.1 Å². The molecule has 144 valence electrons. The number of nitrogens with one attached hydrogen (secondary N) is 1. The molecule has 2 atom stereocenters. The molecule has 0 amide bonds. The maximum Gasteiger partial charge on any atom is 0.238 e. The highest BCUT2D eigenvalue weighted by Crippen LogP contribution is 2.29. The molecule has 0 unspecified atom stereocenters. The number of aromatic nitrogens is 3. The summed E-state index contributed by atoms with van der Waals surface area (Å²) in [6.07, 6.45) is 3.48. The second kappa shape index (κ2) is 7.61. The molecule has 4 rings (SSSR count). The average Bonchev–Trinajstić information content (AvgIpc) is 3.14. The van der Waals surface area contributed by atoms with Crippen LogP contribution in [-0.2, 0) is 4.84 Å². The van der Waals surface area contributed by atoms with Crippen LogP contribution in [0, 0.1) is 6.92 Å². The third-order valence-corrected chi connectivity index (χ3v) is 4.75. The van der Waals surface area contributed by atoms with E-state index in [1.807, 2.05) is 61.0 Å². The van der Waals surface area contributed by atoms with E-state index in [9.17, 15) is 0 Å². The highest BCUT2D eigenvalue weighted by Gasteiger charge is 2.27. The summed E-state index contributed by atoms with van der Waals surface area (Å²) in [5, 5.41) is 0.666. The van der Waals surface area contributed by atoms with Gasteiger partial charge in [0.15, 0.2) is 5.84 Å². The van der Waals surface area contributed by atoms with Crippen LogP contribution in [0.1, 0.15) is 29.9 Å². The van der Waals surface area contributed by atoms with Crippen molar-refractivity contribution in [1.29, 1.82) is 0 Å². The smallest absolute Gasteiger partial charge is 0.238 e. The molecule has 8 heteroatoms. The number of ether oxygens (including phenoxy) is 1. The van der Waals surface area contributed by atoms with Crippen LogP contribution in [0.3, 0.4) is 0 Å². The Labute approximate surface area is 168 Å². The zero-order valence-corrected chi connectivity index (χ0v) is 16.5. The summed E-state index contributed by atoms with van der Waals surface area (Å²) in [6, 6.07) is 11.2. The first-order valence-electron chi connectivity index (χ1n) is 8.86. The lowest BCUT2D eigenvalue weighted by molar-refractivity contribution is -0.00478. The third kappa shape index (κ3) is 3.58. The van der Waals surface area contributed by atoms with Crippen molar-refractivity contribution in [2.45, 2.75) is 26.0 Å². The highest BCUT2D eigenvalue weighted by atomic mass is 35.5. The van der Waals surface area contributed by atoms with Crippen molar-refractivity contribution < 1.29 is 9.57 Å². The zero-order valence-electron chi connectivity index (χ0n) is 15.8. The number of amidine groups is 1. The van der Waals surface area contributed by atoms with Gasteiger partial charge in [-0.05, 0) is 43.7 Å². The van der Waals surface area contributed by atoms with Crippen LogP contribution in [0.15, 0.2) is 53.9 Å². The summed E-state index contributed by atoms with van der Waals surface area (Å²) in [6.45, 7) is 3.89. The maximum absolute atomic E-state index is 6.14. The van der Waals surface area contributed by atoms with E-state index in [1.165, 1.54) is 0 Å². The lowest BCUT2D eigenvalue weighted by atomic mass is 10.0. The summed E-state index contributed by atoms with van der Waals surface area (Å²) >= 11 is 6.14. The van der Waals surface area contributed by atoms with Gasteiger partial charge in [0, 0.05) is 11.2 Å². The molecule has 0 radical (unpaired) electrons. The van der Waals surface area contributed by atoms with Crippen LogP contribution in [-0.4, -0.2) is 33.6 Å². The predicted molar refractivity (Wildman–Crippen MR) is 107 cm³/mol. The Morgan fingerprint density at radius 3 is 2.82 bits per heavy atom. The number of hydrogen-bond acceptors (Lipinski definition) is 6. The highest BCUT2D eigenvalue weighted by molar-refractivity contribution is 6.30. The van der Waals surface area contributed by atoms with Crippen LogP contribution < -0.4 is 10.2 Å². The molecule has 1 aromatic carbocycles. The molecule has 0 bridgehead atoms. The van der Waals surface area contributed by atoms with E-state index in [0.29, 0.717) is 22.4 Å². The minimum atomic E-state index is -0.196. The quantitative estimate of drug-likeness (QED) is 0.727. The molecule has 0 saturated heterocycles. The standard InChI is InChI=1S/C20H20ClN5O2/c1-12-10-26(11-22-12)17-8-7-16(23-20(17)27-3)19-24-18(13(2)28-25-19)14-5-4-6-15(21)9-14/h4-11,13,18H,1-3H3,(H,24,25)/t13-,18-/m1/s1. The molecular formula is C20H20ClN5O2. The van der Waals surface area contributed by atoms with E-state index in [0.717, 1.165) is 16.9 Å². The molecule has 1 N–H and O–H groups in total. The van der Waals surface area contributed by atoms with E-state index >= 15 is 0 Å². The van der Waals surface area contributed by atoms with Gasteiger partial charge in [-0.3, -0.25) is 9.83 Å². The van der Waals surface area contributed by atoms with Crippen molar-refractivity contribution in [2.75, 3.05) is 7.11 Å². The number of methoxy groups -OCH3 is 1. The number of rotatable bonds is 4. The van der Waals surface area contributed by atoms with Gasteiger partial charge >= 0.3 is 0 Å². The Morgan fingerprint density at radius 1 is 1.25 bits per heavy atom. The van der Waals surface area contributed by atoms with Gasteiger partial charge in [-0.1, -0.05) is 23.7 Å². The number of benzene rings is 1. The van der Waals surface area contributed by atoms with Crippen molar-refractivity contribution >= 4 is 17.4 Å². The average molecular weight is 398 g/mol. The molecule has 0 fully saturated rings. The molecule has 0 spiro atoms. The van der Waals surface area contributed by atoms with Crippen LogP contribution in [0.4, 0.5) is 0 Å². The summed E-state index contributed by atoms with van der Waals surface area (Å²) in [7, 11) is 1.59. The van der Waals surface area contributed by atoms with Gasteiger partial charge in [-0.2, -0.15) is 0 Å². The Morgan fingerprint density at radius 2 is 2.11 bits per heavy atom. The monoisotopic (exact) mass is 397 g/mol. The molecule has 0 saturated carbocycles. The molecule has 0 aliphatic carbocycles. The van der Waals surface area contributed by atoms with E-state index in [2.05, 4.69) is 15.4 Å². The molecule has 1 aliphatic rings. The predicted octanol–water partition coefficient (Wildman–Crippen LogP) is 3.65. The SMILES string of the molecule is COc1nc(C2=N[C@@H](c3cccc(Cl)c3)[C@@H](C)ON2)ccc1-n1cnc(C)c1. The molecule has 7 nitrogen and oxygen atoms in total. The van der Waals surface area contributed by atoms with Gasteiger partial charge in [0.25, 0.3) is 0 Å². The molecule has 3 aromatic rings. The molecule has 28 heavy (non-hydrogen) atoms. The summed E-state index contributed by atoms with van der Waals surface area (Å²) in [4.78, 5) is 19.4.